The normalized spacial score (nSPS) is 10.7. The second kappa shape index (κ2) is 5.26. The van der Waals surface area contributed by atoms with E-state index in [0.717, 1.165) is 12.1 Å². The van der Waals surface area contributed by atoms with Gasteiger partial charge in [0.1, 0.15) is 5.56 Å². The Kier molecular flexibility index (Phi) is 4.88. The number of hydrogen-bond donors (Lipinski definition) is 3. The lowest BCUT2D eigenvalue weighted by Gasteiger charge is -2.03. The summed E-state index contributed by atoms with van der Waals surface area (Å²) in [6, 6.07) is 1.84. The van der Waals surface area contributed by atoms with E-state index in [4.69, 9.17) is 16.4 Å². The molecule has 0 aliphatic rings. The monoisotopic (exact) mass is 274 g/mol. The van der Waals surface area contributed by atoms with Crippen molar-refractivity contribution >= 4 is 29.3 Å². The van der Waals surface area contributed by atoms with Gasteiger partial charge >= 0.3 is 6.18 Å². The molecule has 90 valence electrons. The number of nitrogens with zero attached hydrogens (tertiary/aromatic N) is 1. The van der Waals surface area contributed by atoms with E-state index in [1.54, 1.807) is 0 Å². The predicted molar refractivity (Wildman–Crippen MR) is 53.8 cm³/mol. The molecule has 0 saturated heterocycles. The average Bonchev–Trinajstić information content (AvgIpc) is 2.05. The van der Waals surface area contributed by atoms with Crippen LogP contribution in [0, 0.1) is 5.41 Å². The molecule has 0 bridgehead atoms. The van der Waals surface area contributed by atoms with E-state index in [-0.39, 0.29) is 27.3 Å². The third-order valence-corrected chi connectivity index (χ3v) is 2.19. The molecule has 4 N–H and O–H groups in total. The van der Waals surface area contributed by atoms with Crippen molar-refractivity contribution in [3.05, 3.63) is 23.9 Å². The van der Waals surface area contributed by atoms with Crippen molar-refractivity contribution in [3.8, 4) is 0 Å². The molecule has 0 aromatic carbocycles. The van der Waals surface area contributed by atoms with Crippen LogP contribution in [0.3, 0.4) is 0 Å². The Labute approximate surface area is 99.1 Å². The van der Waals surface area contributed by atoms with Crippen LogP contribution < -0.4 is 10.5 Å². The molecule has 0 aliphatic carbocycles. The van der Waals surface area contributed by atoms with Gasteiger partial charge in [-0.15, -0.1) is 12.4 Å². The molecule has 0 fully saturated rings. The van der Waals surface area contributed by atoms with Crippen LogP contribution in [0.1, 0.15) is 5.56 Å². The maximum Gasteiger partial charge on any atom is 0.422 e. The highest BCUT2D eigenvalue weighted by molar-refractivity contribution is 8.13. The number of aromatic nitrogens is 1. The number of hydrogen-bond acceptors (Lipinski definition) is 3. The molecule has 0 radical (unpaired) electrons. The quantitative estimate of drug-likeness (QED) is 0.240. The molecule has 1 rings (SSSR count). The van der Waals surface area contributed by atoms with Crippen molar-refractivity contribution in [1.29, 1.82) is 5.41 Å². The van der Waals surface area contributed by atoms with Crippen molar-refractivity contribution in [1.82, 2.24) is 0 Å². The first kappa shape index (κ1) is 14.8. The summed E-state index contributed by atoms with van der Waals surface area (Å²) in [5.41, 5.74) is 4.04. The van der Waals surface area contributed by atoms with Gasteiger partial charge in [0, 0.05) is 22.6 Å². The predicted octanol–water partition coefficient (Wildman–Crippen LogP) is 1.64. The summed E-state index contributed by atoms with van der Waals surface area (Å²) in [5.74, 6) is 0. The molecular formula is C7H8ClF3N3OS+. The molecule has 1 aromatic rings. The zero-order valence-corrected chi connectivity index (χ0v) is 9.29. The molecule has 0 atom stereocenters. The summed E-state index contributed by atoms with van der Waals surface area (Å²) < 4.78 is 36.8. The van der Waals surface area contributed by atoms with Gasteiger partial charge in [0.25, 0.3) is 5.03 Å². The summed E-state index contributed by atoms with van der Waals surface area (Å²) in [7, 11) is 0. The van der Waals surface area contributed by atoms with Crippen LogP contribution >= 0.6 is 24.2 Å². The Hall–Kier alpha value is -1.15. The molecule has 1 aromatic heterocycles. The lowest BCUT2D eigenvalue weighted by molar-refractivity contribution is -0.932. The number of amidine groups is 1. The van der Waals surface area contributed by atoms with Crippen molar-refractivity contribution in [2.24, 2.45) is 5.73 Å². The van der Waals surface area contributed by atoms with Crippen LogP contribution in [-0.2, 0) is 6.18 Å². The Morgan fingerprint density at radius 1 is 1.44 bits per heavy atom. The van der Waals surface area contributed by atoms with Crippen LogP contribution in [-0.4, -0.2) is 10.4 Å². The van der Waals surface area contributed by atoms with E-state index in [1.807, 2.05) is 0 Å². The molecule has 0 aliphatic heterocycles. The van der Waals surface area contributed by atoms with E-state index < -0.39 is 11.7 Å². The molecule has 0 spiro atoms. The van der Waals surface area contributed by atoms with E-state index >= 15 is 0 Å². The fourth-order valence-electron chi connectivity index (χ4n) is 0.837. The Bertz CT molecular complexity index is 399. The van der Waals surface area contributed by atoms with Crippen LogP contribution in [0.25, 0.3) is 0 Å². The Morgan fingerprint density at radius 2 is 2.00 bits per heavy atom. The lowest BCUT2D eigenvalue weighted by Crippen LogP contribution is -2.34. The molecule has 0 unspecified atom stereocenters. The number of nitrogens with one attached hydrogen (secondary N) is 1. The SMILES string of the molecule is Cl.N=C(N)Sc1ccc(C(F)(F)F)c[n+]1O. The zero-order chi connectivity index (χ0) is 11.6. The van der Waals surface area contributed by atoms with Gasteiger partial charge in [-0.25, -0.2) is 0 Å². The average molecular weight is 275 g/mol. The van der Waals surface area contributed by atoms with Gasteiger partial charge in [0.15, 0.2) is 5.17 Å². The van der Waals surface area contributed by atoms with E-state index in [1.165, 1.54) is 0 Å². The van der Waals surface area contributed by atoms with Gasteiger partial charge in [-0.05, 0) is 6.07 Å². The van der Waals surface area contributed by atoms with Gasteiger partial charge in [-0.3, -0.25) is 10.6 Å². The van der Waals surface area contributed by atoms with Crippen LogP contribution in [0.4, 0.5) is 13.2 Å². The molecule has 4 nitrogen and oxygen atoms in total. The first-order chi connectivity index (χ1) is 6.80. The molecule has 16 heavy (non-hydrogen) atoms. The summed E-state index contributed by atoms with van der Waals surface area (Å²) in [5, 5.41) is 15.8. The summed E-state index contributed by atoms with van der Waals surface area (Å²) in [6.07, 6.45) is -3.99. The number of halogens is 4. The minimum Gasteiger partial charge on any atom is -0.378 e. The third kappa shape index (κ3) is 3.78. The second-order valence-electron chi connectivity index (χ2n) is 2.56. The fourth-order valence-corrected chi connectivity index (χ4v) is 1.34. The summed E-state index contributed by atoms with van der Waals surface area (Å²) in [4.78, 5) is 0. The number of pyridine rings is 1. The lowest BCUT2D eigenvalue weighted by atomic mass is 10.3. The minimum atomic E-state index is -4.51. The Balaban J connectivity index is 0.00000225. The first-order valence-corrected chi connectivity index (χ1v) is 4.46. The number of alkyl halides is 3. The van der Waals surface area contributed by atoms with Gasteiger partial charge in [0.05, 0.1) is 0 Å². The largest absolute Gasteiger partial charge is 0.422 e. The van der Waals surface area contributed by atoms with Crippen molar-refractivity contribution in [2.75, 3.05) is 0 Å². The zero-order valence-electron chi connectivity index (χ0n) is 7.65. The van der Waals surface area contributed by atoms with E-state index in [2.05, 4.69) is 0 Å². The van der Waals surface area contributed by atoms with Crippen LogP contribution in [0.5, 0.6) is 0 Å². The summed E-state index contributed by atoms with van der Waals surface area (Å²) in [6.45, 7) is 0. The highest BCUT2D eigenvalue weighted by Crippen LogP contribution is 2.28. The van der Waals surface area contributed by atoms with Gasteiger partial charge in [-0.2, -0.15) is 13.2 Å². The number of rotatable bonds is 1. The molecule has 0 amide bonds. The van der Waals surface area contributed by atoms with Crippen molar-refractivity contribution in [3.63, 3.8) is 0 Å². The highest BCUT2D eigenvalue weighted by atomic mass is 35.5. The molecule has 9 heteroatoms. The minimum absolute atomic E-state index is 0. The van der Waals surface area contributed by atoms with Crippen LogP contribution in [0.15, 0.2) is 23.4 Å². The molecule has 0 saturated carbocycles. The molecule has 1 heterocycles. The van der Waals surface area contributed by atoms with Crippen molar-refractivity contribution in [2.45, 2.75) is 11.2 Å². The second-order valence-corrected chi connectivity index (χ2v) is 3.63. The smallest absolute Gasteiger partial charge is 0.378 e. The maximum absolute atomic E-state index is 12.2. The van der Waals surface area contributed by atoms with Gasteiger partial charge in [-0.1, -0.05) is 0 Å². The standard InChI is InChI=1S/C7H7F3N3OS.ClH/c8-7(9,10)4-1-2-5(13(14)3-4)15-6(11)12;/h1-3,14H,(H3,11,12);1H/q+1;. The van der Waals surface area contributed by atoms with Gasteiger partial charge < -0.3 is 5.73 Å². The van der Waals surface area contributed by atoms with E-state index in [9.17, 15) is 13.2 Å². The fraction of sp³-hybridized carbons (Fsp3) is 0.143. The summed E-state index contributed by atoms with van der Waals surface area (Å²) >= 11 is 0.651. The third-order valence-electron chi connectivity index (χ3n) is 1.43. The van der Waals surface area contributed by atoms with Gasteiger partial charge in [0.2, 0.25) is 6.20 Å². The topological polar surface area (TPSA) is 74.0 Å². The number of nitrogens with two attached hydrogens (primary N) is 1. The number of thioether (sulfide) groups is 1. The first-order valence-electron chi connectivity index (χ1n) is 3.65. The Morgan fingerprint density at radius 3 is 2.38 bits per heavy atom. The van der Waals surface area contributed by atoms with E-state index in [0.29, 0.717) is 18.0 Å². The van der Waals surface area contributed by atoms with Crippen LogP contribution in [0.2, 0.25) is 0 Å². The van der Waals surface area contributed by atoms with Crippen molar-refractivity contribution < 1.29 is 23.1 Å². The highest BCUT2D eigenvalue weighted by Gasteiger charge is 2.34. The maximum atomic E-state index is 12.2. The molecular weight excluding hydrogens is 267 g/mol.